The summed E-state index contributed by atoms with van der Waals surface area (Å²) in [4.78, 5) is 23.5. The van der Waals surface area contributed by atoms with Gasteiger partial charge in [-0.2, -0.15) is 13.2 Å². The molecule has 1 aliphatic rings. The zero-order valence-corrected chi connectivity index (χ0v) is 9.38. The van der Waals surface area contributed by atoms with Crippen LogP contribution >= 0.6 is 0 Å². The second-order valence-corrected chi connectivity index (χ2v) is 4.55. The minimum Gasteiger partial charge on any atom is -0.481 e. The Kier molecular flexibility index (Phi) is 3.68. The van der Waals surface area contributed by atoms with Crippen molar-refractivity contribution in [1.82, 2.24) is 4.90 Å². The summed E-state index contributed by atoms with van der Waals surface area (Å²) in [6.07, 6.45) is -5.85. The van der Waals surface area contributed by atoms with Crippen LogP contribution in [-0.4, -0.2) is 41.1 Å². The van der Waals surface area contributed by atoms with Gasteiger partial charge in [0.2, 0.25) is 5.91 Å². The molecule has 0 aromatic heterocycles. The molecule has 0 bridgehead atoms. The van der Waals surface area contributed by atoms with E-state index in [1.807, 2.05) is 0 Å². The van der Waals surface area contributed by atoms with Crippen molar-refractivity contribution < 1.29 is 27.9 Å². The van der Waals surface area contributed by atoms with Crippen molar-refractivity contribution in [1.29, 1.82) is 0 Å². The number of carboxylic acid groups (broad SMARTS) is 1. The van der Waals surface area contributed by atoms with Gasteiger partial charge in [0, 0.05) is 19.5 Å². The van der Waals surface area contributed by atoms with Crippen LogP contribution in [0.2, 0.25) is 0 Å². The number of carbonyl (C=O) groups is 2. The summed E-state index contributed by atoms with van der Waals surface area (Å²) >= 11 is 0. The third-order valence-corrected chi connectivity index (χ3v) is 2.96. The van der Waals surface area contributed by atoms with E-state index in [0.717, 1.165) is 0 Å². The summed E-state index contributed by atoms with van der Waals surface area (Å²) in [7, 11) is 0. The lowest BCUT2D eigenvalue weighted by Crippen LogP contribution is -2.35. The molecule has 1 fully saturated rings. The summed E-state index contributed by atoms with van der Waals surface area (Å²) in [5.74, 6) is -1.66. The predicted molar refractivity (Wildman–Crippen MR) is 52.2 cm³/mol. The number of rotatable bonds is 3. The average molecular weight is 253 g/mol. The molecule has 1 rings (SSSR count). The molecule has 0 radical (unpaired) electrons. The molecule has 4 nitrogen and oxygen atoms in total. The molecule has 1 atom stereocenters. The van der Waals surface area contributed by atoms with Gasteiger partial charge in [-0.3, -0.25) is 9.59 Å². The average Bonchev–Trinajstić information content (AvgIpc) is 2.58. The van der Waals surface area contributed by atoms with Crippen molar-refractivity contribution in [3.63, 3.8) is 0 Å². The fourth-order valence-electron chi connectivity index (χ4n) is 1.76. The molecule has 0 unspecified atom stereocenters. The number of nitrogens with zero attached hydrogens (tertiary/aromatic N) is 1. The zero-order chi connectivity index (χ0) is 13.3. The third-order valence-electron chi connectivity index (χ3n) is 2.96. The summed E-state index contributed by atoms with van der Waals surface area (Å²) in [6, 6.07) is 0. The molecule has 1 amide bonds. The van der Waals surface area contributed by atoms with Gasteiger partial charge in [-0.15, -0.1) is 0 Å². The van der Waals surface area contributed by atoms with E-state index in [2.05, 4.69) is 0 Å². The highest BCUT2D eigenvalue weighted by molar-refractivity contribution is 5.80. The molecule has 98 valence electrons. The summed E-state index contributed by atoms with van der Waals surface area (Å²) in [5.41, 5.74) is -1.03. The summed E-state index contributed by atoms with van der Waals surface area (Å²) in [6.45, 7) is 1.69. The Balaban J connectivity index is 2.49. The molecular formula is C10H14F3NO3. The summed E-state index contributed by atoms with van der Waals surface area (Å²) in [5, 5.41) is 8.91. The van der Waals surface area contributed by atoms with Crippen LogP contribution in [-0.2, 0) is 9.59 Å². The van der Waals surface area contributed by atoms with Gasteiger partial charge in [-0.05, 0) is 13.3 Å². The Labute approximate surface area is 96.4 Å². The van der Waals surface area contributed by atoms with Crippen molar-refractivity contribution in [3.05, 3.63) is 0 Å². The maximum absolute atomic E-state index is 11.9. The first-order chi connectivity index (χ1) is 7.64. The minimum atomic E-state index is -4.36. The van der Waals surface area contributed by atoms with Crippen LogP contribution in [0.4, 0.5) is 13.2 Å². The molecule has 0 saturated carbocycles. The SMILES string of the molecule is C[C@@]1(C(=O)O)CCN(C(=O)CCC(F)(F)F)C1. The van der Waals surface area contributed by atoms with Crippen LogP contribution in [0.25, 0.3) is 0 Å². The van der Waals surface area contributed by atoms with Gasteiger partial charge >= 0.3 is 12.1 Å². The molecular weight excluding hydrogens is 239 g/mol. The van der Waals surface area contributed by atoms with Crippen molar-refractivity contribution in [2.45, 2.75) is 32.4 Å². The molecule has 0 aliphatic carbocycles. The van der Waals surface area contributed by atoms with Gasteiger partial charge in [-0.25, -0.2) is 0 Å². The minimum absolute atomic E-state index is 0.0149. The van der Waals surface area contributed by atoms with Gasteiger partial charge in [0.15, 0.2) is 0 Å². The van der Waals surface area contributed by atoms with Gasteiger partial charge in [0.05, 0.1) is 11.8 Å². The van der Waals surface area contributed by atoms with E-state index in [4.69, 9.17) is 5.11 Å². The lowest BCUT2D eigenvalue weighted by Gasteiger charge is -2.20. The van der Waals surface area contributed by atoms with Crippen LogP contribution < -0.4 is 0 Å². The number of likely N-dealkylation sites (tertiary alicyclic amines) is 1. The standard InChI is InChI=1S/C10H14F3NO3/c1-9(8(16)17)4-5-14(6-9)7(15)2-3-10(11,12)13/h2-6H2,1H3,(H,16,17)/t9-/m1/s1. The number of hydrogen-bond acceptors (Lipinski definition) is 2. The van der Waals surface area contributed by atoms with Gasteiger partial charge in [0.1, 0.15) is 0 Å². The molecule has 1 aliphatic heterocycles. The van der Waals surface area contributed by atoms with Crippen molar-refractivity contribution >= 4 is 11.9 Å². The fraction of sp³-hybridized carbons (Fsp3) is 0.800. The second-order valence-electron chi connectivity index (χ2n) is 4.55. The normalized spacial score (nSPS) is 25.1. The van der Waals surface area contributed by atoms with Crippen LogP contribution in [0, 0.1) is 5.41 Å². The number of carboxylic acids is 1. The van der Waals surface area contributed by atoms with Crippen molar-refractivity contribution in [2.24, 2.45) is 5.41 Å². The van der Waals surface area contributed by atoms with Gasteiger partial charge in [0.25, 0.3) is 0 Å². The highest BCUT2D eigenvalue weighted by Gasteiger charge is 2.42. The summed E-state index contributed by atoms with van der Waals surface area (Å²) < 4.78 is 35.8. The monoisotopic (exact) mass is 253 g/mol. The molecule has 1 heterocycles. The maximum atomic E-state index is 11.9. The highest BCUT2D eigenvalue weighted by Crippen LogP contribution is 2.31. The highest BCUT2D eigenvalue weighted by atomic mass is 19.4. The maximum Gasteiger partial charge on any atom is 0.389 e. The lowest BCUT2D eigenvalue weighted by atomic mass is 9.90. The van der Waals surface area contributed by atoms with E-state index < -0.39 is 36.3 Å². The number of alkyl halides is 3. The van der Waals surface area contributed by atoms with E-state index in [1.54, 1.807) is 0 Å². The quantitative estimate of drug-likeness (QED) is 0.832. The smallest absolute Gasteiger partial charge is 0.389 e. The van der Waals surface area contributed by atoms with E-state index >= 15 is 0 Å². The largest absolute Gasteiger partial charge is 0.481 e. The van der Waals surface area contributed by atoms with Crippen molar-refractivity contribution in [3.8, 4) is 0 Å². The van der Waals surface area contributed by atoms with Gasteiger partial charge < -0.3 is 10.0 Å². The second kappa shape index (κ2) is 4.54. The number of amides is 1. The number of aliphatic carboxylic acids is 1. The van der Waals surface area contributed by atoms with E-state index in [-0.39, 0.29) is 19.5 Å². The number of carbonyl (C=O) groups excluding carboxylic acids is 1. The van der Waals surface area contributed by atoms with Gasteiger partial charge in [-0.1, -0.05) is 0 Å². The molecule has 0 aromatic carbocycles. The Bertz CT molecular complexity index is 329. The lowest BCUT2D eigenvalue weighted by molar-refractivity contribution is -0.150. The van der Waals surface area contributed by atoms with Crippen molar-refractivity contribution in [2.75, 3.05) is 13.1 Å². The Morgan fingerprint density at radius 2 is 2.00 bits per heavy atom. The Morgan fingerprint density at radius 3 is 2.41 bits per heavy atom. The van der Waals surface area contributed by atoms with E-state index in [0.29, 0.717) is 0 Å². The zero-order valence-electron chi connectivity index (χ0n) is 9.38. The number of halogens is 3. The van der Waals surface area contributed by atoms with Crippen LogP contribution in [0.3, 0.4) is 0 Å². The molecule has 7 heteroatoms. The van der Waals surface area contributed by atoms with Crippen LogP contribution in [0.5, 0.6) is 0 Å². The Hall–Kier alpha value is -1.27. The van der Waals surface area contributed by atoms with Crippen LogP contribution in [0.1, 0.15) is 26.2 Å². The first-order valence-electron chi connectivity index (χ1n) is 5.22. The molecule has 17 heavy (non-hydrogen) atoms. The topological polar surface area (TPSA) is 57.6 Å². The molecule has 1 saturated heterocycles. The van der Waals surface area contributed by atoms with E-state index in [1.165, 1.54) is 11.8 Å². The first-order valence-corrected chi connectivity index (χ1v) is 5.22. The molecule has 0 spiro atoms. The predicted octanol–water partition coefficient (Wildman–Crippen LogP) is 1.65. The molecule has 0 aromatic rings. The first kappa shape index (κ1) is 13.8. The molecule has 1 N–H and O–H groups in total. The van der Waals surface area contributed by atoms with Crippen LogP contribution in [0.15, 0.2) is 0 Å². The Morgan fingerprint density at radius 1 is 1.41 bits per heavy atom. The fourth-order valence-corrected chi connectivity index (χ4v) is 1.76. The van der Waals surface area contributed by atoms with E-state index in [9.17, 15) is 22.8 Å². The number of hydrogen-bond donors (Lipinski definition) is 1. The third kappa shape index (κ3) is 3.61.